The first-order chi connectivity index (χ1) is 14.5. The zero-order chi connectivity index (χ0) is 23.8. The van der Waals surface area contributed by atoms with E-state index >= 15 is 0 Å². The monoisotopic (exact) mass is 448 g/mol. The van der Waals surface area contributed by atoms with Crippen LogP contribution in [-0.4, -0.2) is 29.5 Å². The number of carbonyl (C=O) groups is 1. The summed E-state index contributed by atoms with van der Waals surface area (Å²) in [6, 6.07) is 0.312. The Hall–Kier alpha value is -1.42. The van der Waals surface area contributed by atoms with Crippen LogP contribution in [0.15, 0.2) is 47.2 Å². The summed E-state index contributed by atoms with van der Waals surface area (Å²) in [6.07, 6.45) is 12.6. The summed E-state index contributed by atoms with van der Waals surface area (Å²) in [7, 11) is 0. The van der Waals surface area contributed by atoms with E-state index in [0.29, 0.717) is 12.0 Å². The Balaban J connectivity index is 4.22. The van der Waals surface area contributed by atoms with Gasteiger partial charge in [0, 0.05) is 30.2 Å². The molecule has 0 bridgehead atoms. The van der Waals surface area contributed by atoms with Gasteiger partial charge in [-0.3, -0.25) is 4.79 Å². The fourth-order valence-corrected chi connectivity index (χ4v) is 4.22. The molecule has 2 unspecified atom stereocenters. The molecule has 4 heteroatoms. The lowest BCUT2D eigenvalue weighted by molar-refractivity contribution is -0.119. The van der Waals surface area contributed by atoms with E-state index in [1.165, 1.54) is 23.1 Å². The number of carbonyl (C=O) groups excluding carboxylic acids is 1. The molecule has 31 heavy (non-hydrogen) atoms. The van der Waals surface area contributed by atoms with Gasteiger partial charge in [-0.2, -0.15) is 11.8 Å². The van der Waals surface area contributed by atoms with Crippen molar-refractivity contribution < 1.29 is 4.79 Å². The molecule has 0 aromatic rings. The lowest BCUT2D eigenvalue weighted by Gasteiger charge is -2.26. The first kappa shape index (κ1) is 29.6. The van der Waals surface area contributed by atoms with Crippen molar-refractivity contribution in [2.75, 3.05) is 11.5 Å². The second kappa shape index (κ2) is 17.2. The van der Waals surface area contributed by atoms with Gasteiger partial charge in [-0.05, 0) is 72.6 Å². The van der Waals surface area contributed by atoms with Crippen LogP contribution in [0.25, 0.3) is 0 Å². The van der Waals surface area contributed by atoms with Gasteiger partial charge in [-0.15, -0.1) is 0 Å². The van der Waals surface area contributed by atoms with Gasteiger partial charge in [0.1, 0.15) is 0 Å². The number of hydrogen-bond donors (Lipinski definition) is 2. The average Bonchev–Trinajstić information content (AvgIpc) is 2.63. The second-order valence-corrected chi connectivity index (χ2v) is 10.5. The number of amides is 1. The van der Waals surface area contributed by atoms with Gasteiger partial charge < -0.3 is 10.6 Å². The first-order valence-corrected chi connectivity index (χ1v) is 12.9. The largest absolute Gasteiger partial charge is 0.384 e. The Morgan fingerprint density at radius 3 is 2.03 bits per heavy atom. The predicted molar refractivity (Wildman–Crippen MR) is 142 cm³/mol. The highest BCUT2D eigenvalue weighted by atomic mass is 32.2. The normalized spacial score (nSPS) is 14.2. The number of hydrogen-bond acceptors (Lipinski definition) is 3. The summed E-state index contributed by atoms with van der Waals surface area (Å²) >= 11 is 1.94. The molecule has 2 N–H and O–H groups in total. The van der Waals surface area contributed by atoms with E-state index in [4.69, 9.17) is 0 Å². The molecule has 3 nitrogen and oxygen atoms in total. The molecule has 178 valence electrons. The van der Waals surface area contributed by atoms with E-state index in [0.717, 1.165) is 42.9 Å². The molecule has 0 saturated carbocycles. The molecule has 0 aliphatic heterocycles. The second-order valence-electron chi connectivity index (χ2n) is 9.45. The zero-order valence-electron chi connectivity index (χ0n) is 21.4. The van der Waals surface area contributed by atoms with E-state index in [2.05, 4.69) is 83.9 Å². The van der Waals surface area contributed by atoms with E-state index in [1.54, 1.807) is 6.92 Å². The number of allylic oxidation sites excluding steroid dienone is 5. The standard InChI is InChI=1S/C27H48N2OS/c1-20(2)12-10-13-22(5)14-11-15-23(6)16-17-31-19-24(7)28-25(8)27(18-21(3)4)29-26(9)30/h12,14,16,21,24,27-28H,8,10-11,13,15,17-19H2,1-7,9H3,(H,29,30)/b22-14+,23-16+. The average molecular weight is 449 g/mol. The highest BCUT2D eigenvalue weighted by Crippen LogP contribution is 2.14. The molecule has 0 aliphatic carbocycles. The Kier molecular flexibility index (Phi) is 16.4. The van der Waals surface area contributed by atoms with Gasteiger partial charge in [0.05, 0.1) is 6.04 Å². The van der Waals surface area contributed by atoms with Crippen molar-refractivity contribution in [3.05, 3.63) is 47.2 Å². The van der Waals surface area contributed by atoms with Crippen LogP contribution in [0.1, 0.15) is 87.5 Å². The van der Waals surface area contributed by atoms with Crippen LogP contribution in [-0.2, 0) is 4.79 Å². The van der Waals surface area contributed by atoms with Crippen molar-refractivity contribution in [3.63, 3.8) is 0 Å². The van der Waals surface area contributed by atoms with Crippen LogP contribution in [0.2, 0.25) is 0 Å². The van der Waals surface area contributed by atoms with E-state index in [1.807, 2.05) is 11.8 Å². The lowest BCUT2D eigenvalue weighted by Crippen LogP contribution is -2.42. The molecule has 0 radical (unpaired) electrons. The topological polar surface area (TPSA) is 41.1 Å². The third-order valence-corrected chi connectivity index (χ3v) is 6.12. The van der Waals surface area contributed by atoms with Crippen LogP contribution in [0, 0.1) is 5.92 Å². The summed E-state index contributed by atoms with van der Waals surface area (Å²) in [5.74, 6) is 2.55. The molecule has 1 amide bonds. The molecular formula is C27H48N2OS. The summed E-state index contributed by atoms with van der Waals surface area (Å²) in [6.45, 7) is 21.1. The highest BCUT2D eigenvalue weighted by molar-refractivity contribution is 7.99. The minimum Gasteiger partial charge on any atom is -0.384 e. The molecule has 0 rings (SSSR count). The van der Waals surface area contributed by atoms with E-state index in [9.17, 15) is 4.79 Å². The Bertz CT molecular complexity index is 627. The molecular weight excluding hydrogens is 400 g/mol. The van der Waals surface area contributed by atoms with Crippen LogP contribution >= 0.6 is 11.8 Å². The maximum absolute atomic E-state index is 11.5. The Morgan fingerprint density at radius 2 is 1.48 bits per heavy atom. The smallest absolute Gasteiger partial charge is 0.217 e. The molecule has 0 aromatic carbocycles. The first-order valence-electron chi connectivity index (χ1n) is 11.8. The molecule has 0 aliphatic rings. The molecule has 0 fully saturated rings. The van der Waals surface area contributed by atoms with Crippen LogP contribution in [0.5, 0.6) is 0 Å². The van der Waals surface area contributed by atoms with Gasteiger partial charge in [0.2, 0.25) is 5.91 Å². The predicted octanol–water partition coefficient (Wildman–Crippen LogP) is 7.18. The van der Waals surface area contributed by atoms with Gasteiger partial charge in [-0.25, -0.2) is 0 Å². The summed E-state index contributed by atoms with van der Waals surface area (Å²) in [5, 5.41) is 6.50. The van der Waals surface area contributed by atoms with Crippen LogP contribution in [0.3, 0.4) is 0 Å². The van der Waals surface area contributed by atoms with Crippen molar-refractivity contribution in [3.8, 4) is 0 Å². The van der Waals surface area contributed by atoms with Gasteiger partial charge in [0.25, 0.3) is 0 Å². The molecule has 0 saturated heterocycles. The molecule has 0 aromatic heterocycles. The summed E-state index contributed by atoms with van der Waals surface area (Å²) in [5.41, 5.74) is 5.28. The number of nitrogens with one attached hydrogen (secondary N) is 2. The van der Waals surface area contributed by atoms with Crippen LogP contribution in [0.4, 0.5) is 0 Å². The summed E-state index contributed by atoms with van der Waals surface area (Å²) < 4.78 is 0. The van der Waals surface area contributed by atoms with Gasteiger partial charge in [-0.1, -0.05) is 55.4 Å². The van der Waals surface area contributed by atoms with Gasteiger partial charge >= 0.3 is 0 Å². The number of thioether (sulfide) groups is 1. The third-order valence-electron chi connectivity index (χ3n) is 4.98. The van der Waals surface area contributed by atoms with E-state index in [-0.39, 0.29) is 11.9 Å². The van der Waals surface area contributed by atoms with Gasteiger partial charge in [0.15, 0.2) is 0 Å². The SMILES string of the molecule is C=C(NC(C)CSC/C=C(\C)CC/C=C(\C)CCC=C(C)C)C(CC(C)C)NC(C)=O. The third kappa shape index (κ3) is 17.9. The van der Waals surface area contributed by atoms with Crippen LogP contribution < -0.4 is 10.6 Å². The maximum Gasteiger partial charge on any atom is 0.217 e. The molecule has 0 heterocycles. The maximum atomic E-state index is 11.5. The molecule has 2 atom stereocenters. The minimum atomic E-state index is -0.00869. The fourth-order valence-electron chi connectivity index (χ4n) is 3.25. The number of rotatable bonds is 16. The highest BCUT2D eigenvalue weighted by Gasteiger charge is 2.17. The van der Waals surface area contributed by atoms with Crippen molar-refractivity contribution >= 4 is 17.7 Å². The minimum absolute atomic E-state index is 0.00540. The zero-order valence-corrected chi connectivity index (χ0v) is 22.3. The van der Waals surface area contributed by atoms with Crippen molar-refractivity contribution in [2.45, 2.75) is 99.6 Å². The molecule has 0 spiro atoms. The van der Waals surface area contributed by atoms with Crippen molar-refractivity contribution in [2.24, 2.45) is 5.92 Å². The quantitative estimate of drug-likeness (QED) is 0.194. The Labute approximate surface area is 197 Å². The summed E-state index contributed by atoms with van der Waals surface area (Å²) in [4.78, 5) is 11.5. The lowest BCUT2D eigenvalue weighted by atomic mass is 10.0. The van der Waals surface area contributed by atoms with Crippen molar-refractivity contribution in [1.29, 1.82) is 0 Å². The Morgan fingerprint density at radius 1 is 0.903 bits per heavy atom. The fraction of sp³-hybridized carbons (Fsp3) is 0.667. The van der Waals surface area contributed by atoms with Crippen molar-refractivity contribution in [1.82, 2.24) is 10.6 Å². The van der Waals surface area contributed by atoms with E-state index < -0.39 is 0 Å².